The van der Waals surface area contributed by atoms with Gasteiger partial charge in [-0.05, 0) is 44.2 Å². The van der Waals surface area contributed by atoms with Crippen LogP contribution in [0, 0.1) is 0 Å². The van der Waals surface area contributed by atoms with E-state index in [9.17, 15) is 26.4 Å². The number of hydrogen-bond acceptors (Lipinski definition) is 5. The van der Waals surface area contributed by atoms with Crippen molar-refractivity contribution in [3.63, 3.8) is 0 Å². The second-order valence-electron chi connectivity index (χ2n) is 6.38. The van der Waals surface area contributed by atoms with E-state index in [-0.39, 0.29) is 15.7 Å². The van der Waals surface area contributed by atoms with Gasteiger partial charge in [0.25, 0.3) is 0 Å². The first kappa shape index (κ1) is 21.1. The second-order valence-corrected chi connectivity index (χ2v) is 10.1. The molecule has 0 fully saturated rings. The minimum absolute atomic E-state index is 0.0248. The molecule has 3 rings (SSSR count). The molecule has 0 radical (unpaired) electrons. The molecular formula is C18H16F3N3O3S2. The molecule has 3 aromatic rings. The molecule has 11 heteroatoms. The number of sulfone groups is 1. The summed E-state index contributed by atoms with van der Waals surface area (Å²) in [6, 6.07) is 8.31. The van der Waals surface area contributed by atoms with Crippen LogP contribution in [-0.2, 0) is 16.0 Å². The van der Waals surface area contributed by atoms with Gasteiger partial charge in [0.1, 0.15) is 0 Å². The summed E-state index contributed by atoms with van der Waals surface area (Å²) < 4.78 is 64.1. The Hall–Kier alpha value is -2.66. The number of aromatic nitrogens is 1. The lowest BCUT2D eigenvalue weighted by molar-refractivity contribution is -0.136. The molecule has 6 nitrogen and oxygen atoms in total. The van der Waals surface area contributed by atoms with Gasteiger partial charge in [-0.2, -0.15) is 13.2 Å². The van der Waals surface area contributed by atoms with Gasteiger partial charge in [0.05, 0.1) is 26.7 Å². The third-order valence-corrected chi connectivity index (χ3v) is 7.55. The van der Waals surface area contributed by atoms with Crippen LogP contribution in [0.15, 0.2) is 46.8 Å². The number of fused-ring (bicyclic) bond motifs is 1. The van der Waals surface area contributed by atoms with Crippen molar-refractivity contribution in [2.24, 2.45) is 0 Å². The van der Waals surface area contributed by atoms with Crippen molar-refractivity contribution in [3.8, 4) is 0 Å². The highest BCUT2D eigenvalue weighted by Gasteiger charge is 2.33. The summed E-state index contributed by atoms with van der Waals surface area (Å²) in [4.78, 5) is 16.3. The summed E-state index contributed by atoms with van der Waals surface area (Å²) >= 11 is 0.964. The Balaban J connectivity index is 1.81. The molecule has 0 saturated carbocycles. The zero-order valence-corrected chi connectivity index (χ0v) is 16.9. The number of nitrogens with zero attached hydrogens (tertiary/aromatic N) is 1. The fourth-order valence-electron chi connectivity index (χ4n) is 2.43. The number of hydrogen-bond donors (Lipinski definition) is 2. The Labute approximate surface area is 168 Å². The number of alkyl halides is 3. The Morgan fingerprint density at radius 2 is 1.79 bits per heavy atom. The third kappa shape index (κ3) is 4.51. The minimum Gasteiger partial charge on any atom is -0.308 e. The normalized spacial score (nSPS) is 12.3. The number of urea groups is 1. The fourth-order valence-corrected chi connectivity index (χ4v) is 5.10. The predicted octanol–water partition coefficient (Wildman–Crippen LogP) is 5.14. The van der Waals surface area contributed by atoms with E-state index in [0.717, 1.165) is 23.5 Å². The van der Waals surface area contributed by atoms with E-state index in [2.05, 4.69) is 15.6 Å². The number of rotatable bonds is 4. The topological polar surface area (TPSA) is 88.2 Å². The van der Waals surface area contributed by atoms with Gasteiger partial charge in [-0.1, -0.05) is 12.1 Å². The highest BCUT2D eigenvalue weighted by Crippen LogP contribution is 2.35. The molecule has 29 heavy (non-hydrogen) atoms. The molecule has 0 spiro atoms. The fraction of sp³-hybridized carbons (Fsp3) is 0.222. The minimum atomic E-state index is -4.61. The van der Waals surface area contributed by atoms with Crippen LogP contribution in [0.3, 0.4) is 0 Å². The van der Waals surface area contributed by atoms with Crippen molar-refractivity contribution in [3.05, 3.63) is 48.0 Å². The standard InChI is InChI=1S/C18H16F3N3O3S2/c1-10(2)29(26,27)17-24-14-8-7-11(9-15(14)28-17)22-16(25)23-13-6-4-3-5-12(13)18(19,20)21/h3-10H,1-2H3,(H2,22,23,25). The van der Waals surface area contributed by atoms with Crippen LogP contribution in [0.5, 0.6) is 0 Å². The van der Waals surface area contributed by atoms with Crippen molar-refractivity contribution in [2.45, 2.75) is 29.6 Å². The van der Waals surface area contributed by atoms with Gasteiger partial charge in [-0.15, -0.1) is 11.3 Å². The summed E-state index contributed by atoms with van der Waals surface area (Å²) in [6.45, 7) is 3.11. The van der Waals surface area contributed by atoms with Crippen LogP contribution in [0.25, 0.3) is 10.2 Å². The molecule has 0 bridgehead atoms. The first-order valence-corrected chi connectivity index (χ1v) is 10.7. The van der Waals surface area contributed by atoms with Gasteiger partial charge >= 0.3 is 12.2 Å². The molecule has 0 aliphatic rings. The highest BCUT2D eigenvalue weighted by molar-refractivity contribution is 7.94. The lowest BCUT2D eigenvalue weighted by Crippen LogP contribution is -2.21. The SMILES string of the molecule is CC(C)S(=O)(=O)c1nc2ccc(NC(=O)Nc3ccccc3C(F)(F)F)cc2s1. The van der Waals surface area contributed by atoms with E-state index in [0.29, 0.717) is 10.2 Å². The van der Waals surface area contributed by atoms with Crippen molar-refractivity contribution in [1.29, 1.82) is 0 Å². The van der Waals surface area contributed by atoms with Gasteiger partial charge in [-0.25, -0.2) is 18.2 Å². The van der Waals surface area contributed by atoms with Gasteiger partial charge < -0.3 is 10.6 Å². The summed E-state index contributed by atoms with van der Waals surface area (Å²) in [5.41, 5.74) is -0.600. The zero-order chi connectivity index (χ0) is 21.4. The Morgan fingerprint density at radius 1 is 1.10 bits per heavy atom. The number of carbonyl (C=O) groups is 1. The van der Waals surface area contributed by atoms with E-state index in [4.69, 9.17) is 0 Å². The quantitative estimate of drug-likeness (QED) is 0.584. The van der Waals surface area contributed by atoms with Crippen LogP contribution in [0.2, 0.25) is 0 Å². The third-order valence-electron chi connectivity index (χ3n) is 3.97. The number of benzene rings is 2. The Morgan fingerprint density at radius 3 is 2.45 bits per heavy atom. The number of carbonyl (C=O) groups excluding carboxylic acids is 1. The number of nitrogens with one attached hydrogen (secondary N) is 2. The molecule has 2 N–H and O–H groups in total. The highest BCUT2D eigenvalue weighted by atomic mass is 32.2. The average molecular weight is 443 g/mol. The molecule has 0 saturated heterocycles. The number of amides is 2. The molecular weight excluding hydrogens is 427 g/mol. The summed E-state index contributed by atoms with van der Waals surface area (Å²) in [7, 11) is -3.53. The van der Waals surface area contributed by atoms with E-state index in [1.54, 1.807) is 13.8 Å². The molecule has 154 valence electrons. The summed E-state index contributed by atoms with van der Waals surface area (Å²) in [5, 5.41) is 4.00. The molecule has 1 aromatic heterocycles. The lowest BCUT2D eigenvalue weighted by Gasteiger charge is -2.14. The van der Waals surface area contributed by atoms with Crippen LogP contribution >= 0.6 is 11.3 Å². The molecule has 2 aromatic carbocycles. The number of anilines is 2. The van der Waals surface area contributed by atoms with Gasteiger partial charge in [0.15, 0.2) is 0 Å². The molecule has 0 aliphatic carbocycles. The number of thiazole rings is 1. The summed E-state index contributed by atoms with van der Waals surface area (Å²) in [5.74, 6) is 0. The zero-order valence-electron chi connectivity index (χ0n) is 15.2. The monoisotopic (exact) mass is 443 g/mol. The molecule has 2 amide bonds. The van der Waals surface area contributed by atoms with Crippen LogP contribution in [0.1, 0.15) is 19.4 Å². The Bertz CT molecular complexity index is 1170. The van der Waals surface area contributed by atoms with Crippen LogP contribution < -0.4 is 10.6 Å². The van der Waals surface area contributed by atoms with Crippen molar-refractivity contribution >= 4 is 48.8 Å². The average Bonchev–Trinajstić information content (AvgIpc) is 3.05. The second kappa shape index (κ2) is 7.64. The van der Waals surface area contributed by atoms with Crippen molar-refractivity contribution < 1.29 is 26.4 Å². The van der Waals surface area contributed by atoms with E-state index in [1.165, 1.54) is 30.3 Å². The summed E-state index contributed by atoms with van der Waals surface area (Å²) in [6.07, 6.45) is -4.61. The molecule has 0 atom stereocenters. The maximum absolute atomic E-state index is 13.0. The van der Waals surface area contributed by atoms with E-state index >= 15 is 0 Å². The molecule has 0 aliphatic heterocycles. The van der Waals surface area contributed by atoms with Gasteiger partial charge in [0, 0.05) is 5.69 Å². The first-order chi connectivity index (χ1) is 13.5. The van der Waals surface area contributed by atoms with Crippen LogP contribution in [-0.4, -0.2) is 24.7 Å². The Kier molecular flexibility index (Phi) is 5.54. The maximum atomic E-state index is 13.0. The number of halogens is 3. The first-order valence-electron chi connectivity index (χ1n) is 8.37. The molecule has 1 heterocycles. The van der Waals surface area contributed by atoms with E-state index < -0.39 is 32.9 Å². The maximum Gasteiger partial charge on any atom is 0.418 e. The molecule has 0 unspecified atom stereocenters. The number of para-hydroxylation sites is 1. The lowest BCUT2D eigenvalue weighted by atomic mass is 10.1. The van der Waals surface area contributed by atoms with Crippen LogP contribution in [0.4, 0.5) is 29.3 Å². The smallest absolute Gasteiger partial charge is 0.308 e. The predicted molar refractivity (Wildman–Crippen MR) is 106 cm³/mol. The largest absolute Gasteiger partial charge is 0.418 e. The van der Waals surface area contributed by atoms with Crippen molar-refractivity contribution in [2.75, 3.05) is 10.6 Å². The van der Waals surface area contributed by atoms with Gasteiger partial charge in [-0.3, -0.25) is 0 Å². The van der Waals surface area contributed by atoms with Gasteiger partial charge in [0.2, 0.25) is 14.2 Å². The van der Waals surface area contributed by atoms with Crippen molar-refractivity contribution in [1.82, 2.24) is 4.98 Å². The van der Waals surface area contributed by atoms with E-state index in [1.807, 2.05) is 0 Å².